The first-order valence-electron chi connectivity index (χ1n) is 8.09. The Morgan fingerprint density at radius 3 is 2.88 bits per heavy atom. The Hall–Kier alpha value is -2.81. The molecule has 1 atom stereocenters. The van der Waals surface area contributed by atoms with Gasteiger partial charge in [-0.2, -0.15) is 0 Å². The predicted octanol–water partition coefficient (Wildman–Crippen LogP) is 0.940. The standard InChI is InChI=1S/C17H19BrN6O2/c18-10-3-4-11-9(8-22-13(11)7-10)6-14-16(26)23-12(15(25)24-14)2-1-5-21-17(19)20/h3-4,6-8,12,22H,1-2,5H2,(H,23,26)(H,24,25)(H4,19,20,21)/b14-6+/t12-/m1/s1. The average Bonchev–Trinajstić information content (AvgIpc) is 2.97. The normalized spacial score (nSPS) is 18.7. The van der Waals surface area contributed by atoms with Gasteiger partial charge in [0.05, 0.1) is 0 Å². The number of aromatic amines is 1. The fourth-order valence-electron chi connectivity index (χ4n) is 2.78. The van der Waals surface area contributed by atoms with Crippen molar-refractivity contribution in [3.05, 3.63) is 40.1 Å². The van der Waals surface area contributed by atoms with Crippen molar-refractivity contribution in [1.29, 1.82) is 0 Å². The number of nitrogens with two attached hydrogens (primary N) is 2. The second-order valence-corrected chi connectivity index (χ2v) is 6.87. The van der Waals surface area contributed by atoms with Crippen LogP contribution >= 0.6 is 15.9 Å². The van der Waals surface area contributed by atoms with Gasteiger partial charge in [0.15, 0.2) is 5.96 Å². The summed E-state index contributed by atoms with van der Waals surface area (Å²) in [5.41, 5.74) is 12.5. The van der Waals surface area contributed by atoms with Crippen molar-refractivity contribution < 1.29 is 9.59 Å². The highest BCUT2D eigenvalue weighted by molar-refractivity contribution is 9.10. The summed E-state index contributed by atoms with van der Waals surface area (Å²) in [6.07, 6.45) is 4.51. The number of guanidine groups is 1. The van der Waals surface area contributed by atoms with Crippen molar-refractivity contribution in [1.82, 2.24) is 15.6 Å². The fraction of sp³-hybridized carbons (Fsp3) is 0.235. The minimum Gasteiger partial charge on any atom is -0.370 e. The van der Waals surface area contributed by atoms with Crippen LogP contribution in [0.4, 0.5) is 0 Å². The lowest BCUT2D eigenvalue weighted by Crippen LogP contribution is -2.54. The molecule has 0 saturated carbocycles. The molecule has 2 heterocycles. The summed E-state index contributed by atoms with van der Waals surface area (Å²) in [7, 11) is 0. The molecule has 0 spiro atoms. The van der Waals surface area contributed by atoms with Gasteiger partial charge in [-0.05, 0) is 31.1 Å². The number of nitrogens with zero attached hydrogens (tertiary/aromatic N) is 1. The predicted molar refractivity (Wildman–Crippen MR) is 104 cm³/mol. The maximum Gasteiger partial charge on any atom is 0.268 e. The van der Waals surface area contributed by atoms with Crippen LogP contribution in [0.5, 0.6) is 0 Å². The maximum atomic E-state index is 12.3. The second kappa shape index (κ2) is 7.61. The Labute approximate surface area is 158 Å². The minimum atomic E-state index is -0.590. The lowest BCUT2D eigenvalue weighted by molar-refractivity contribution is -0.131. The average molecular weight is 419 g/mol. The number of benzene rings is 1. The molecular formula is C17H19BrN6O2. The third-order valence-corrected chi connectivity index (χ3v) is 4.54. The lowest BCUT2D eigenvalue weighted by atomic mass is 10.1. The van der Waals surface area contributed by atoms with E-state index in [0.717, 1.165) is 20.9 Å². The van der Waals surface area contributed by atoms with Crippen LogP contribution in [0.25, 0.3) is 17.0 Å². The van der Waals surface area contributed by atoms with Crippen LogP contribution in [0.15, 0.2) is 39.6 Å². The number of hydrogen-bond acceptors (Lipinski definition) is 3. The van der Waals surface area contributed by atoms with Gasteiger partial charge in [0.1, 0.15) is 11.7 Å². The molecule has 8 nitrogen and oxygen atoms in total. The third-order valence-electron chi connectivity index (χ3n) is 4.05. The molecule has 1 saturated heterocycles. The second-order valence-electron chi connectivity index (χ2n) is 5.96. The van der Waals surface area contributed by atoms with Crippen LogP contribution in [0.1, 0.15) is 18.4 Å². The summed E-state index contributed by atoms with van der Waals surface area (Å²) in [5, 5.41) is 6.37. The van der Waals surface area contributed by atoms with Crippen LogP contribution < -0.4 is 22.1 Å². The van der Waals surface area contributed by atoms with Gasteiger partial charge >= 0.3 is 0 Å². The fourth-order valence-corrected chi connectivity index (χ4v) is 3.14. The van der Waals surface area contributed by atoms with Crippen molar-refractivity contribution in [2.45, 2.75) is 18.9 Å². The van der Waals surface area contributed by atoms with Gasteiger partial charge in [0.2, 0.25) is 5.91 Å². The Bertz CT molecular complexity index is 913. The Balaban J connectivity index is 1.70. The summed E-state index contributed by atoms with van der Waals surface area (Å²) in [4.78, 5) is 31.6. The van der Waals surface area contributed by atoms with Crippen molar-refractivity contribution in [3.8, 4) is 0 Å². The molecule has 2 amide bonds. The number of carbonyl (C=O) groups excluding carboxylic acids is 2. The zero-order valence-corrected chi connectivity index (χ0v) is 15.5. The number of rotatable bonds is 5. The number of aromatic nitrogens is 1. The monoisotopic (exact) mass is 418 g/mol. The van der Waals surface area contributed by atoms with Gasteiger partial charge in [-0.15, -0.1) is 0 Å². The summed E-state index contributed by atoms with van der Waals surface area (Å²) in [6, 6.07) is 5.22. The van der Waals surface area contributed by atoms with E-state index in [9.17, 15) is 9.59 Å². The number of nitrogens with one attached hydrogen (secondary N) is 3. The number of hydrogen-bond donors (Lipinski definition) is 5. The molecule has 1 aliphatic rings. The number of H-pyrrole nitrogens is 1. The maximum absolute atomic E-state index is 12.3. The first kappa shape index (κ1) is 18.0. The molecule has 0 aliphatic carbocycles. The van der Waals surface area contributed by atoms with Gasteiger partial charge in [0, 0.05) is 33.7 Å². The van der Waals surface area contributed by atoms with Gasteiger partial charge in [-0.3, -0.25) is 14.6 Å². The molecule has 9 heteroatoms. The largest absolute Gasteiger partial charge is 0.370 e. The van der Waals surface area contributed by atoms with E-state index in [-0.39, 0.29) is 23.5 Å². The number of fused-ring (bicyclic) bond motifs is 1. The number of piperazine rings is 1. The molecule has 1 aromatic heterocycles. The van der Waals surface area contributed by atoms with Gasteiger partial charge in [-0.1, -0.05) is 22.0 Å². The smallest absolute Gasteiger partial charge is 0.268 e. The Morgan fingerprint density at radius 1 is 1.31 bits per heavy atom. The summed E-state index contributed by atoms with van der Waals surface area (Å²) < 4.78 is 0.957. The molecular weight excluding hydrogens is 400 g/mol. The summed E-state index contributed by atoms with van der Waals surface area (Å²) >= 11 is 3.42. The van der Waals surface area contributed by atoms with E-state index in [2.05, 4.69) is 36.5 Å². The van der Waals surface area contributed by atoms with E-state index >= 15 is 0 Å². The van der Waals surface area contributed by atoms with Gasteiger partial charge < -0.3 is 27.1 Å². The number of carbonyl (C=O) groups is 2. The highest BCUT2D eigenvalue weighted by Crippen LogP contribution is 2.24. The van der Waals surface area contributed by atoms with E-state index < -0.39 is 6.04 Å². The lowest BCUT2D eigenvalue weighted by Gasteiger charge is -2.24. The highest BCUT2D eigenvalue weighted by atomic mass is 79.9. The molecule has 0 bridgehead atoms. The topological polar surface area (TPSA) is 138 Å². The molecule has 0 unspecified atom stereocenters. The molecule has 26 heavy (non-hydrogen) atoms. The summed E-state index contributed by atoms with van der Waals surface area (Å²) in [6.45, 7) is 0.412. The zero-order valence-electron chi connectivity index (χ0n) is 13.9. The summed E-state index contributed by atoms with van der Waals surface area (Å²) in [5.74, 6) is -0.552. The quantitative estimate of drug-likeness (QED) is 0.213. The SMILES string of the molecule is NC(N)=NCCC[C@H]1NC(=O)/C(=C\c2c[nH]c3cc(Br)ccc23)NC1=O. The van der Waals surface area contributed by atoms with E-state index in [1.807, 2.05) is 18.2 Å². The molecule has 3 rings (SSSR count). The molecule has 136 valence electrons. The number of halogens is 1. The van der Waals surface area contributed by atoms with Crippen LogP contribution in [0.2, 0.25) is 0 Å². The molecule has 7 N–H and O–H groups in total. The molecule has 0 radical (unpaired) electrons. The number of aliphatic imine (C=N–C) groups is 1. The van der Waals surface area contributed by atoms with E-state index in [0.29, 0.717) is 19.4 Å². The zero-order chi connectivity index (χ0) is 18.7. The van der Waals surface area contributed by atoms with Crippen molar-refractivity contribution >= 4 is 50.7 Å². The molecule has 1 fully saturated rings. The van der Waals surface area contributed by atoms with Crippen LogP contribution in [0, 0.1) is 0 Å². The van der Waals surface area contributed by atoms with Crippen LogP contribution in [-0.2, 0) is 9.59 Å². The van der Waals surface area contributed by atoms with Crippen LogP contribution in [-0.4, -0.2) is 35.3 Å². The first-order chi connectivity index (χ1) is 12.4. The highest BCUT2D eigenvalue weighted by Gasteiger charge is 2.29. The van der Waals surface area contributed by atoms with Crippen molar-refractivity contribution in [2.75, 3.05) is 6.54 Å². The first-order valence-corrected chi connectivity index (χ1v) is 8.89. The third kappa shape index (κ3) is 4.05. The molecule has 1 aromatic carbocycles. The van der Waals surface area contributed by atoms with Gasteiger partial charge in [0.25, 0.3) is 5.91 Å². The Morgan fingerprint density at radius 2 is 2.12 bits per heavy atom. The number of amides is 2. The van der Waals surface area contributed by atoms with E-state index in [1.54, 1.807) is 12.3 Å². The Kier molecular flexibility index (Phi) is 5.27. The van der Waals surface area contributed by atoms with E-state index in [1.165, 1.54) is 0 Å². The van der Waals surface area contributed by atoms with Gasteiger partial charge in [-0.25, -0.2) is 0 Å². The van der Waals surface area contributed by atoms with E-state index in [4.69, 9.17) is 11.5 Å². The molecule has 1 aliphatic heterocycles. The van der Waals surface area contributed by atoms with Crippen LogP contribution in [0.3, 0.4) is 0 Å². The minimum absolute atomic E-state index is 0.0121. The van der Waals surface area contributed by atoms with Crippen molar-refractivity contribution in [2.24, 2.45) is 16.5 Å². The molecule has 2 aromatic rings. The van der Waals surface area contributed by atoms with Crippen molar-refractivity contribution in [3.63, 3.8) is 0 Å².